The minimum absolute atomic E-state index is 0.314. The number of carbonyl (C=O) groups is 1. The lowest BCUT2D eigenvalue weighted by Gasteiger charge is -2.22. The third-order valence-corrected chi connectivity index (χ3v) is 7.70. The topological polar surface area (TPSA) is 26.3 Å². The lowest BCUT2D eigenvalue weighted by atomic mass is 9.86. The highest BCUT2D eigenvalue weighted by molar-refractivity contribution is 5.53. The van der Waals surface area contributed by atoms with Crippen LogP contribution in [0.2, 0.25) is 0 Å². The maximum absolute atomic E-state index is 11.6. The first-order valence-corrected chi connectivity index (χ1v) is 14.9. The van der Waals surface area contributed by atoms with Gasteiger partial charge in [-0.05, 0) is 44.4 Å². The monoisotopic (exact) mass is 450 g/mol. The average Bonchev–Trinajstić information content (AvgIpc) is 2.83. The fourth-order valence-electron chi connectivity index (χ4n) is 5.40. The van der Waals surface area contributed by atoms with Gasteiger partial charge in [0.1, 0.15) is 6.29 Å². The quantitative estimate of drug-likeness (QED) is 0.114. The van der Waals surface area contributed by atoms with E-state index < -0.39 is 0 Å². The Balaban J connectivity index is 2.14. The highest BCUT2D eigenvalue weighted by Gasteiger charge is 2.14. The number of carbonyl (C=O) groups excluding carboxylic acids is 1. The minimum atomic E-state index is 0.314. The van der Waals surface area contributed by atoms with Crippen molar-refractivity contribution in [2.45, 2.75) is 168 Å². The molecule has 0 N–H and O–H groups in total. The second-order valence-corrected chi connectivity index (χ2v) is 10.7. The lowest BCUT2D eigenvalue weighted by molar-refractivity contribution is -0.111. The Labute approximate surface area is 202 Å². The molecule has 1 saturated carbocycles. The second kappa shape index (κ2) is 22.4. The summed E-state index contributed by atoms with van der Waals surface area (Å²) < 4.78 is 6.07. The van der Waals surface area contributed by atoms with Gasteiger partial charge in [0.15, 0.2) is 0 Å². The summed E-state index contributed by atoms with van der Waals surface area (Å²) in [5.74, 6) is 1.16. The van der Waals surface area contributed by atoms with Gasteiger partial charge in [0.05, 0.1) is 6.10 Å². The Kier molecular flexibility index (Phi) is 20.8. The smallest absolute Gasteiger partial charge is 0.123 e. The van der Waals surface area contributed by atoms with Crippen molar-refractivity contribution in [3.8, 4) is 0 Å². The fourth-order valence-corrected chi connectivity index (χ4v) is 5.40. The van der Waals surface area contributed by atoms with E-state index in [1.165, 1.54) is 141 Å². The number of aldehydes is 1. The van der Waals surface area contributed by atoms with Crippen LogP contribution in [-0.2, 0) is 9.53 Å². The van der Waals surface area contributed by atoms with Crippen LogP contribution in [0.5, 0.6) is 0 Å². The van der Waals surface area contributed by atoms with Crippen molar-refractivity contribution in [2.75, 3.05) is 6.61 Å². The van der Waals surface area contributed by atoms with Gasteiger partial charge in [-0.1, -0.05) is 123 Å². The SMILES string of the molecule is CCCCCCC(C=O)CCC(CCCCCC)CCCCCCCOC1CCCCC1. The average molecular weight is 451 g/mol. The number of unbranched alkanes of at least 4 members (excludes halogenated alkanes) is 10. The minimum Gasteiger partial charge on any atom is -0.378 e. The van der Waals surface area contributed by atoms with Crippen molar-refractivity contribution in [3.05, 3.63) is 0 Å². The summed E-state index contributed by atoms with van der Waals surface area (Å²) in [6, 6.07) is 0. The van der Waals surface area contributed by atoms with Crippen LogP contribution in [0.3, 0.4) is 0 Å². The molecule has 0 amide bonds. The fraction of sp³-hybridized carbons (Fsp3) is 0.967. The number of ether oxygens (including phenoxy) is 1. The van der Waals surface area contributed by atoms with Crippen molar-refractivity contribution >= 4 is 6.29 Å². The van der Waals surface area contributed by atoms with Crippen molar-refractivity contribution in [1.82, 2.24) is 0 Å². The van der Waals surface area contributed by atoms with Crippen LogP contribution in [0, 0.1) is 11.8 Å². The van der Waals surface area contributed by atoms with E-state index in [2.05, 4.69) is 13.8 Å². The van der Waals surface area contributed by atoms with E-state index in [0.29, 0.717) is 12.0 Å². The number of rotatable bonds is 23. The van der Waals surface area contributed by atoms with Gasteiger partial charge in [0, 0.05) is 12.5 Å². The molecule has 2 unspecified atom stereocenters. The highest BCUT2D eigenvalue weighted by Crippen LogP contribution is 2.26. The molecular weight excluding hydrogens is 392 g/mol. The normalized spacial score (nSPS) is 16.8. The van der Waals surface area contributed by atoms with Gasteiger partial charge in [-0.15, -0.1) is 0 Å². The molecule has 190 valence electrons. The number of hydrogen-bond acceptors (Lipinski definition) is 2. The van der Waals surface area contributed by atoms with Crippen molar-refractivity contribution in [3.63, 3.8) is 0 Å². The summed E-state index contributed by atoms with van der Waals surface area (Å²) >= 11 is 0. The molecule has 1 fully saturated rings. The Bertz CT molecular complexity index is 388. The van der Waals surface area contributed by atoms with E-state index in [4.69, 9.17) is 4.74 Å². The highest BCUT2D eigenvalue weighted by atomic mass is 16.5. The molecule has 0 radical (unpaired) electrons. The third kappa shape index (κ3) is 17.2. The van der Waals surface area contributed by atoms with Gasteiger partial charge in [0.2, 0.25) is 0 Å². The molecule has 2 heteroatoms. The summed E-state index contributed by atoms with van der Waals surface area (Å²) in [6.07, 6.45) is 32.2. The molecule has 2 nitrogen and oxygen atoms in total. The van der Waals surface area contributed by atoms with Crippen molar-refractivity contribution < 1.29 is 9.53 Å². The maximum Gasteiger partial charge on any atom is 0.123 e. The number of hydrogen-bond donors (Lipinski definition) is 0. The largest absolute Gasteiger partial charge is 0.378 e. The Hall–Kier alpha value is -0.370. The Morgan fingerprint density at radius 1 is 0.656 bits per heavy atom. The van der Waals surface area contributed by atoms with E-state index in [1.54, 1.807) is 0 Å². The van der Waals surface area contributed by atoms with E-state index >= 15 is 0 Å². The van der Waals surface area contributed by atoms with Gasteiger partial charge in [-0.2, -0.15) is 0 Å². The molecule has 0 bridgehead atoms. The van der Waals surface area contributed by atoms with Crippen LogP contribution in [-0.4, -0.2) is 19.0 Å². The molecular formula is C30H58O2. The second-order valence-electron chi connectivity index (χ2n) is 10.7. The molecule has 0 aromatic carbocycles. The Morgan fingerprint density at radius 2 is 1.22 bits per heavy atom. The third-order valence-electron chi connectivity index (χ3n) is 7.70. The van der Waals surface area contributed by atoms with Crippen LogP contribution in [0.25, 0.3) is 0 Å². The summed E-state index contributed by atoms with van der Waals surface area (Å²) in [6.45, 7) is 5.53. The van der Waals surface area contributed by atoms with Gasteiger partial charge in [-0.25, -0.2) is 0 Å². The molecule has 1 rings (SSSR count). The molecule has 0 spiro atoms. The Morgan fingerprint density at radius 3 is 1.84 bits per heavy atom. The van der Waals surface area contributed by atoms with Gasteiger partial charge in [-0.3, -0.25) is 0 Å². The van der Waals surface area contributed by atoms with Gasteiger partial charge < -0.3 is 9.53 Å². The molecule has 1 aliphatic carbocycles. The zero-order valence-corrected chi connectivity index (χ0v) is 22.1. The van der Waals surface area contributed by atoms with Crippen molar-refractivity contribution in [1.29, 1.82) is 0 Å². The van der Waals surface area contributed by atoms with Gasteiger partial charge in [0.25, 0.3) is 0 Å². The molecule has 0 aromatic heterocycles. The molecule has 0 saturated heterocycles. The zero-order chi connectivity index (χ0) is 23.1. The van der Waals surface area contributed by atoms with Crippen LogP contribution in [0.4, 0.5) is 0 Å². The lowest BCUT2D eigenvalue weighted by Crippen LogP contribution is -2.17. The molecule has 1 aliphatic rings. The predicted molar refractivity (Wildman–Crippen MR) is 140 cm³/mol. The first-order chi connectivity index (χ1) is 15.8. The summed E-state index contributed by atoms with van der Waals surface area (Å²) in [5, 5.41) is 0. The molecule has 0 aliphatic heterocycles. The van der Waals surface area contributed by atoms with E-state index in [9.17, 15) is 4.79 Å². The summed E-state index contributed by atoms with van der Waals surface area (Å²) in [5.41, 5.74) is 0. The molecule has 2 atom stereocenters. The predicted octanol–water partition coefficient (Wildman–Crippen LogP) is 9.83. The summed E-state index contributed by atoms with van der Waals surface area (Å²) in [4.78, 5) is 11.6. The maximum atomic E-state index is 11.6. The van der Waals surface area contributed by atoms with Crippen LogP contribution >= 0.6 is 0 Å². The first kappa shape index (κ1) is 29.7. The van der Waals surface area contributed by atoms with Gasteiger partial charge >= 0.3 is 0 Å². The molecule has 0 heterocycles. The van der Waals surface area contributed by atoms with Crippen LogP contribution in [0.1, 0.15) is 162 Å². The van der Waals surface area contributed by atoms with Crippen LogP contribution < -0.4 is 0 Å². The molecule has 0 aromatic rings. The first-order valence-electron chi connectivity index (χ1n) is 14.9. The zero-order valence-electron chi connectivity index (χ0n) is 22.1. The van der Waals surface area contributed by atoms with Crippen LogP contribution in [0.15, 0.2) is 0 Å². The van der Waals surface area contributed by atoms with Crippen molar-refractivity contribution in [2.24, 2.45) is 11.8 Å². The van der Waals surface area contributed by atoms with E-state index in [1.807, 2.05) is 0 Å². The summed E-state index contributed by atoms with van der Waals surface area (Å²) in [7, 11) is 0. The van der Waals surface area contributed by atoms with E-state index in [-0.39, 0.29) is 0 Å². The standard InChI is InChI=1S/C30H58O2/c1-3-5-7-13-19-28(24-25-29(27-31)21-14-8-6-4-2)20-15-10-9-11-18-26-32-30-22-16-12-17-23-30/h27-30H,3-26H2,1-2H3. The molecule has 32 heavy (non-hydrogen) atoms. The van der Waals surface area contributed by atoms with E-state index in [0.717, 1.165) is 25.4 Å².